The van der Waals surface area contributed by atoms with Crippen molar-refractivity contribution in [2.45, 2.75) is 38.8 Å². The summed E-state index contributed by atoms with van der Waals surface area (Å²) in [4.78, 5) is 8.94. The summed E-state index contributed by atoms with van der Waals surface area (Å²) in [5, 5.41) is 0. The van der Waals surface area contributed by atoms with Gasteiger partial charge in [-0.2, -0.15) is 0 Å². The molecule has 0 aliphatic carbocycles. The van der Waals surface area contributed by atoms with Crippen molar-refractivity contribution in [3.63, 3.8) is 0 Å². The van der Waals surface area contributed by atoms with E-state index >= 15 is 0 Å². The Morgan fingerprint density at radius 1 is 0.931 bits per heavy atom. The smallest absolute Gasteiger partial charge is 0.213 e. The first-order valence-corrected chi connectivity index (χ1v) is 9.75. The Balaban J connectivity index is 1.52. The molecule has 29 heavy (non-hydrogen) atoms. The predicted molar refractivity (Wildman–Crippen MR) is 110 cm³/mol. The van der Waals surface area contributed by atoms with Crippen molar-refractivity contribution in [2.24, 2.45) is 4.99 Å². The molecule has 2 aromatic carbocycles. The van der Waals surface area contributed by atoms with Crippen LogP contribution in [0.1, 0.15) is 43.9 Å². The van der Waals surface area contributed by atoms with Gasteiger partial charge in [0.15, 0.2) is 0 Å². The molecule has 1 aliphatic heterocycles. The maximum atomic E-state index is 14.0. The summed E-state index contributed by atoms with van der Waals surface area (Å²) in [6, 6.07) is 15.7. The van der Waals surface area contributed by atoms with Crippen molar-refractivity contribution < 1.29 is 13.5 Å². The minimum Gasteiger partial charge on any atom is -0.475 e. The molecule has 0 N–H and O–H groups in total. The van der Waals surface area contributed by atoms with Gasteiger partial charge in [0, 0.05) is 23.5 Å². The molecule has 148 valence electrons. The Kier molecular flexibility index (Phi) is 5.38. The van der Waals surface area contributed by atoms with E-state index in [9.17, 15) is 8.78 Å². The lowest BCUT2D eigenvalue weighted by atomic mass is 10.00. The number of pyridine rings is 1. The van der Waals surface area contributed by atoms with Crippen LogP contribution in [-0.4, -0.2) is 16.8 Å². The molecule has 3 aromatic rings. The Labute approximate surface area is 169 Å². The van der Waals surface area contributed by atoms with Crippen molar-refractivity contribution in [1.82, 2.24) is 4.98 Å². The van der Waals surface area contributed by atoms with Crippen LogP contribution in [0.25, 0.3) is 11.1 Å². The molecule has 0 bridgehead atoms. The highest BCUT2D eigenvalue weighted by molar-refractivity contribution is 6.02. The molecule has 0 radical (unpaired) electrons. The molecule has 2 heterocycles. The number of aliphatic imine (C=N–C) groups is 1. The van der Waals surface area contributed by atoms with Crippen LogP contribution in [-0.2, 0) is 0 Å². The zero-order valence-electron chi connectivity index (χ0n) is 16.4. The molecule has 3 nitrogen and oxygen atoms in total. The van der Waals surface area contributed by atoms with Crippen molar-refractivity contribution in [3.05, 3.63) is 83.6 Å². The standard InChI is InChI=1S/C24H22F2N2O/c1-15(2)29-23-13-10-18(14-27-23)16-6-8-17(9-7-16)21-11-12-22(28-21)24-19(25)4-3-5-20(24)26/h3-10,13-15,21H,11-12H2,1-2H3/t21-/m1/s1. The third-order valence-electron chi connectivity index (χ3n) is 4.94. The molecular formula is C24H22F2N2O. The molecule has 0 saturated carbocycles. The zero-order chi connectivity index (χ0) is 20.4. The van der Waals surface area contributed by atoms with Gasteiger partial charge in [-0.3, -0.25) is 4.99 Å². The number of ether oxygens (including phenoxy) is 1. The molecule has 1 atom stereocenters. The zero-order valence-corrected chi connectivity index (χ0v) is 16.4. The highest BCUT2D eigenvalue weighted by Gasteiger charge is 2.24. The molecule has 0 amide bonds. The summed E-state index contributed by atoms with van der Waals surface area (Å²) in [6.07, 6.45) is 3.18. The van der Waals surface area contributed by atoms with E-state index in [0.29, 0.717) is 18.0 Å². The summed E-state index contributed by atoms with van der Waals surface area (Å²) in [5.41, 5.74) is 3.57. The molecule has 0 fully saturated rings. The van der Waals surface area contributed by atoms with Gasteiger partial charge < -0.3 is 4.74 Å². The largest absolute Gasteiger partial charge is 0.475 e. The SMILES string of the molecule is CC(C)Oc1ccc(-c2ccc([C@H]3CCC(c4c(F)cccc4F)=N3)cc2)cn1. The molecule has 4 rings (SSSR count). The van der Waals surface area contributed by atoms with E-state index in [0.717, 1.165) is 23.1 Å². The topological polar surface area (TPSA) is 34.5 Å². The summed E-state index contributed by atoms with van der Waals surface area (Å²) < 4.78 is 33.6. The van der Waals surface area contributed by atoms with E-state index in [4.69, 9.17) is 4.74 Å². The molecule has 5 heteroatoms. The quantitative estimate of drug-likeness (QED) is 0.523. The van der Waals surface area contributed by atoms with Crippen LogP contribution in [0.15, 0.2) is 65.8 Å². The van der Waals surface area contributed by atoms with Gasteiger partial charge in [0.1, 0.15) is 11.6 Å². The van der Waals surface area contributed by atoms with E-state index in [1.165, 1.54) is 18.2 Å². The minimum absolute atomic E-state index is 0.00130. The van der Waals surface area contributed by atoms with E-state index in [2.05, 4.69) is 9.98 Å². The number of aromatic nitrogens is 1. The van der Waals surface area contributed by atoms with Gasteiger partial charge in [0.05, 0.1) is 17.7 Å². The number of rotatable bonds is 5. The first kappa shape index (κ1) is 19.2. The molecular weight excluding hydrogens is 370 g/mol. The summed E-state index contributed by atoms with van der Waals surface area (Å²) in [5.74, 6) is -0.511. The Hall–Kier alpha value is -3.08. The first-order valence-electron chi connectivity index (χ1n) is 9.75. The lowest BCUT2D eigenvalue weighted by Gasteiger charge is -2.10. The number of halogens is 2. The number of nitrogens with zero attached hydrogens (tertiary/aromatic N) is 2. The van der Waals surface area contributed by atoms with Crippen molar-refractivity contribution in [2.75, 3.05) is 0 Å². The van der Waals surface area contributed by atoms with Gasteiger partial charge in [0.2, 0.25) is 5.88 Å². The van der Waals surface area contributed by atoms with Crippen LogP contribution in [0.4, 0.5) is 8.78 Å². The maximum absolute atomic E-state index is 14.0. The predicted octanol–water partition coefficient (Wildman–Crippen LogP) is 6.14. The van der Waals surface area contributed by atoms with Crippen LogP contribution in [0.2, 0.25) is 0 Å². The van der Waals surface area contributed by atoms with Crippen molar-refractivity contribution in [1.29, 1.82) is 0 Å². The Bertz CT molecular complexity index is 1010. The maximum Gasteiger partial charge on any atom is 0.213 e. The van der Waals surface area contributed by atoms with Crippen LogP contribution in [0.5, 0.6) is 5.88 Å². The average Bonchev–Trinajstić information content (AvgIpc) is 3.18. The fraction of sp³-hybridized carbons (Fsp3) is 0.250. The molecule has 0 saturated heterocycles. The third-order valence-corrected chi connectivity index (χ3v) is 4.94. The molecule has 0 spiro atoms. The van der Waals surface area contributed by atoms with E-state index in [1.54, 1.807) is 6.20 Å². The van der Waals surface area contributed by atoms with Crippen molar-refractivity contribution >= 4 is 5.71 Å². The third kappa shape index (κ3) is 4.19. The lowest BCUT2D eigenvalue weighted by molar-refractivity contribution is 0.232. The summed E-state index contributed by atoms with van der Waals surface area (Å²) in [7, 11) is 0. The number of benzene rings is 2. The average molecular weight is 392 g/mol. The second kappa shape index (κ2) is 8.11. The fourth-order valence-corrected chi connectivity index (χ4v) is 3.55. The van der Waals surface area contributed by atoms with Gasteiger partial charge in [0.25, 0.3) is 0 Å². The van der Waals surface area contributed by atoms with Gasteiger partial charge >= 0.3 is 0 Å². The number of hydrogen-bond donors (Lipinski definition) is 0. The minimum atomic E-state index is -0.558. The van der Waals surface area contributed by atoms with Crippen LogP contribution in [0.3, 0.4) is 0 Å². The lowest BCUT2D eigenvalue weighted by Crippen LogP contribution is -2.06. The van der Waals surface area contributed by atoms with Crippen LogP contribution < -0.4 is 4.74 Å². The second-order valence-electron chi connectivity index (χ2n) is 7.40. The van der Waals surface area contributed by atoms with Gasteiger partial charge in [-0.15, -0.1) is 0 Å². The summed E-state index contributed by atoms with van der Waals surface area (Å²) >= 11 is 0. The Morgan fingerprint density at radius 2 is 1.62 bits per heavy atom. The van der Waals surface area contributed by atoms with Crippen molar-refractivity contribution in [3.8, 4) is 17.0 Å². The van der Waals surface area contributed by atoms with Gasteiger partial charge in [-0.25, -0.2) is 13.8 Å². The van der Waals surface area contributed by atoms with E-state index in [1.807, 2.05) is 50.2 Å². The second-order valence-corrected chi connectivity index (χ2v) is 7.40. The summed E-state index contributed by atoms with van der Waals surface area (Å²) in [6.45, 7) is 3.93. The molecule has 1 aliphatic rings. The molecule has 0 unspecified atom stereocenters. The highest BCUT2D eigenvalue weighted by Crippen LogP contribution is 2.33. The fourth-order valence-electron chi connectivity index (χ4n) is 3.55. The normalized spacial score (nSPS) is 16.2. The number of hydrogen-bond acceptors (Lipinski definition) is 3. The van der Waals surface area contributed by atoms with Gasteiger partial charge in [-0.05, 0) is 56.0 Å². The highest BCUT2D eigenvalue weighted by atomic mass is 19.1. The van der Waals surface area contributed by atoms with E-state index < -0.39 is 11.6 Å². The van der Waals surface area contributed by atoms with E-state index in [-0.39, 0.29) is 17.7 Å². The first-order chi connectivity index (χ1) is 14.0. The Morgan fingerprint density at radius 3 is 2.24 bits per heavy atom. The molecule has 1 aromatic heterocycles. The monoisotopic (exact) mass is 392 g/mol. The van der Waals surface area contributed by atoms with Gasteiger partial charge in [-0.1, -0.05) is 30.3 Å². The van der Waals surface area contributed by atoms with Crippen LogP contribution >= 0.6 is 0 Å². The van der Waals surface area contributed by atoms with Crippen LogP contribution in [0, 0.1) is 11.6 Å².